The molecule has 0 aliphatic carbocycles. The largest absolute Gasteiger partial charge is 0.383 e. The van der Waals surface area contributed by atoms with Gasteiger partial charge in [0.2, 0.25) is 0 Å². The highest BCUT2D eigenvalue weighted by atomic mass is 35.5. The molecule has 1 atom stereocenters. The molecule has 2 rings (SSSR count). The average Bonchev–Trinajstić information content (AvgIpc) is 2.95. The number of aromatic nitrogens is 4. The zero-order valence-electron chi connectivity index (χ0n) is 9.21. The molecule has 0 bridgehead atoms. The van der Waals surface area contributed by atoms with Crippen molar-refractivity contribution in [3.05, 3.63) is 28.8 Å². The van der Waals surface area contributed by atoms with Crippen LogP contribution in [0.1, 0.15) is 17.4 Å². The Kier molecular flexibility index (Phi) is 4.06. The number of ether oxygens (including phenoxy) is 1. The second-order valence-corrected chi connectivity index (χ2v) is 4.37. The van der Waals surface area contributed by atoms with Crippen LogP contribution in [0.4, 0.5) is 0 Å². The number of hydrogen-bond donors (Lipinski definition) is 1. The maximum atomic E-state index is 6.10. The molecule has 0 aliphatic heterocycles. The fourth-order valence-electron chi connectivity index (χ4n) is 1.49. The maximum Gasteiger partial charge on any atom is 0.0971 e. The summed E-state index contributed by atoms with van der Waals surface area (Å²) < 4.78 is 14.8. The Balaban J connectivity index is 2.27. The van der Waals surface area contributed by atoms with Gasteiger partial charge in [-0.2, -0.15) is 13.8 Å². The van der Waals surface area contributed by atoms with Gasteiger partial charge in [0.25, 0.3) is 0 Å². The quantitative estimate of drug-likeness (QED) is 0.882. The van der Waals surface area contributed by atoms with Crippen molar-refractivity contribution < 1.29 is 4.74 Å². The summed E-state index contributed by atoms with van der Waals surface area (Å²) in [5, 5.41) is 4.69. The summed E-state index contributed by atoms with van der Waals surface area (Å²) in [4.78, 5) is 0. The van der Waals surface area contributed by atoms with Crippen molar-refractivity contribution in [1.82, 2.24) is 18.5 Å². The molecule has 2 aromatic heterocycles. The molecule has 0 saturated heterocycles. The molecule has 2 N–H and O–H groups in total. The summed E-state index contributed by atoms with van der Waals surface area (Å²) in [5.74, 6) is 0. The van der Waals surface area contributed by atoms with Crippen molar-refractivity contribution >= 4 is 23.3 Å². The Morgan fingerprint density at radius 2 is 2.41 bits per heavy atom. The molecule has 0 amide bonds. The highest BCUT2D eigenvalue weighted by Gasteiger charge is 2.20. The molecule has 2 aromatic rings. The first-order valence-electron chi connectivity index (χ1n) is 4.97. The Bertz CT molecular complexity index is 472. The van der Waals surface area contributed by atoms with E-state index >= 15 is 0 Å². The van der Waals surface area contributed by atoms with E-state index in [9.17, 15) is 0 Å². The lowest BCUT2D eigenvalue weighted by atomic mass is 10.1. The number of methoxy groups -OCH3 is 1. The molecule has 92 valence electrons. The summed E-state index contributed by atoms with van der Waals surface area (Å²) in [6.07, 6.45) is 3.21. The van der Waals surface area contributed by atoms with Crippen molar-refractivity contribution in [2.45, 2.75) is 12.6 Å². The van der Waals surface area contributed by atoms with Crippen LogP contribution in [-0.4, -0.2) is 32.2 Å². The fraction of sp³-hybridized carbons (Fsp3) is 0.444. The monoisotopic (exact) mass is 273 g/mol. The number of hydrogen-bond acceptors (Lipinski definition) is 6. The summed E-state index contributed by atoms with van der Waals surface area (Å²) in [5.41, 5.74) is 7.52. The zero-order valence-corrected chi connectivity index (χ0v) is 10.8. The molecule has 17 heavy (non-hydrogen) atoms. The van der Waals surface area contributed by atoms with Gasteiger partial charge in [0.05, 0.1) is 59.7 Å². The van der Waals surface area contributed by atoms with Crippen molar-refractivity contribution in [3.8, 4) is 0 Å². The molecule has 2 heterocycles. The van der Waals surface area contributed by atoms with E-state index in [2.05, 4.69) is 13.8 Å². The van der Waals surface area contributed by atoms with Crippen LogP contribution < -0.4 is 5.73 Å². The maximum absolute atomic E-state index is 6.10. The van der Waals surface area contributed by atoms with E-state index < -0.39 is 6.04 Å². The average molecular weight is 274 g/mol. The standard InChI is InChI=1S/C9H12ClN5OS/c1-16-3-2-15-9(6(10)4-12-15)8(11)7-5-13-17-14-7/h4-5,8H,2-3,11H2,1H3. The first-order chi connectivity index (χ1) is 8.24. The molecule has 0 fully saturated rings. The van der Waals surface area contributed by atoms with Crippen LogP contribution in [-0.2, 0) is 11.3 Å². The van der Waals surface area contributed by atoms with Crippen LogP contribution in [0.5, 0.6) is 0 Å². The van der Waals surface area contributed by atoms with Gasteiger partial charge in [-0.25, -0.2) is 0 Å². The minimum Gasteiger partial charge on any atom is -0.383 e. The Hall–Kier alpha value is -1.02. The summed E-state index contributed by atoms with van der Waals surface area (Å²) in [6.45, 7) is 1.15. The SMILES string of the molecule is COCCn1ncc(Cl)c1C(N)c1cnsn1. The van der Waals surface area contributed by atoms with Gasteiger partial charge in [-0.1, -0.05) is 11.6 Å². The molecule has 8 heteroatoms. The topological polar surface area (TPSA) is 78.9 Å². The zero-order chi connectivity index (χ0) is 12.3. The lowest BCUT2D eigenvalue weighted by molar-refractivity contribution is 0.182. The normalized spacial score (nSPS) is 12.9. The highest BCUT2D eigenvalue weighted by molar-refractivity contribution is 6.99. The molecule has 0 radical (unpaired) electrons. The third kappa shape index (κ3) is 2.63. The van der Waals surface area contributed by atoms with E-state index in [1.165, 1.54) is 0 Å². The third-order valence-electron chi connectivity index (χ3n) is 2.33. The molecular weight excluding hydrogens is 262 g/mol. The second kappa shape index (κ2) is 5.54. The minimum atomic E-state index is -0.416. The second-order valence-electron chi connectivity index (χ2n) is 3.40. The number of nitrogens with two attached hydrogens (primary N) is 1. The molecule has 1 unspecified atom stereocenters. The lowest BCUT2D eigenvalue weighted by Gasteiger charge is -2.12. The van der Waals surface area contributed by atoms with Crippen LogP contribution >= 0.6 is 23.3 Å². The van der Waals surface area contributed by atoms with Gasteiger partial charge in [0.1, 0.15) is 0 Å². The minimum absolute atomic E-state index is 0.416. The van der Waals surface area contributed by atoms with E-state index in [4.69, 9.17) is 22.1 Å². The Morgan fingerprint density at radius 1 is 1.59 bits per heavy atom. The Labute approximate surface area is 108 Å². The Morgan fingerprint density at radius 3 is 3.06 bits per heavy atom. The molecule has 0 aliphatic rings. The first-order valence-corrected chi connectivity index (χ1v) is 6.08. The number of rotatable bonds is 5. The predicted octanol–water partition coefficient (Wildman–Crippen LogP) is 1.08. The molecule has 0 saturated carbocycles. The van der Waals surface area contributed by atoms with Gasteiger partial charge < -0.3 is 10.5 Å². The van der Waals surface area contributed by atoms with Crippen LogP contribution in [0.2, 0.25) is 5.02 Å². The molecule has 0 aromatic carbocycles. The summed E-state index contributed by atoms with van der Waals surface area (Å²) >= 11 is 7.20. The lowest BCUT2D eigenvalue weighted by Crippen LogP contribution is -2.19. The van der Waals surface area contributed by atoms with Crippen LogP contribution in [0.3, 0.4) is 0 Å². The van der Waals surface area contributed by atoms with Gasteiger partial charge in [0.15, 0.2) is 0 Å². The van der Waals surface area contributed by atoms with Crippen molar-refractivity contribution in [2.75, 3.05) is 13.7 Å². The van der Waals surface area contributed by atoms with Gasteiger partial charge in [-0.3, -0.25) is 4.68 Å². The summed E-state index contributed by atoms with van der Waals surface area (Å²) in [7, 11) is 1.63. The first kappa shape index (κ1) is 12.4. The van der Waals surface area contributed by atoms with Gasteiger partial charge in [-0.05, 0) is 0 Å². The van der Waals surface area contributed by atoms with E-state index in [1.807, 2.05) is 0 Å². The third-order valence-corrected chi connectivity index (χ3v) is 3.12. The highest BCUT2D eigenvalue weighted by Crippen LogP contribution is 2.25. The van der Waals surface area contributed by atoms with Crippen molar-refractivity contribution in [3.63, 3.8) is 0 Å². The number of halogens is 1. The van der Waals surface area contributed by atoms with E-state index in [0.29, 0.717) is 23.9 Å². The van der Waals surface area contributed by atoms with Gasteiger partial charge in [-0.15, -0.1) is 0 Å². The van der Waals surface area contributed by atoms with Gasteiger partial charge >= 0.3 is 0 Å². The molecular formula is C9H12ClN5OS. The van der Waals surface area contributed by atoms with Crippen molar-refractivity contribution in [2.24, 2.45) is 5.73 Å². The smallest absolute Gasteiger partial charge is 0.0971 e. The van der Waals surface area contributed by atoms with Crippen LogP contribution in [0, 0.1) is 0 Å². The number of nitrogens with zero attached hydrogens (tertiary/aromatic N) is 4. The van der Waals surface area contributed by atoms with Crippen LogP contribution in [0.25, 0.3) is 0 Å². The fourth-order valence-corrected chi connectivity index (χ4v) is 2.20. The van der Waals surface area contributed by atoms with Crippen molar-refractivity contribution in [1.29, 1.82) is 0 Å². The van der Waals surface area contributed by atoms with E-state index in [0.717, 1.165) is 17.4 Å². The van der Waals surface area contributed by atoms with E-state index in [-0.39, 0.29) is 0 Å². The van der Waals surface area contributed by atoms with Crippen LogP contribution in [0.15, 0.2) is 12.4 Å². The summed E-state index contributed by atoms with van der Waals surface area (Å²) in [6, 6.07) is -0.416. The molecule has 6 nitrogen and oxygen atoms in total. The van der Waals surface area contributed by atoms with E-state index in [1.54, 1.807) is 24.2 Å². The van der Waals surface area contributed by atoms with Gasteiger partial charge in [0, 0.05) is 7.11 Å². The predicted molar refractivity (Wildman–Crippen MR) is 65.1 cm³/mol. The molecule has 0 spiro atoms.